The molecule has 1 aromatic heterocycles. The maximum absolute atomic E-state index is 13.1. The van der Waals surface area contributed by atoms with Crippen LogP contribution < -0.4 is 5.32 Å². The molecule has 26 heavy (non-hydrogen) atoms. The lowest BCUT2D eigenvalue weighted by molar-refractivity contribution is 0.0939. The van der Waals surface area contributed by atoms with Gasteiger partial charge in [-0.1, -0.05) is 11.6 Å². The van der Waals surface area contributed by atoms with Gasteiger partial charge in [0, 0.05) is 25.2 Å². The van der Waals surface area contributed by atoms with Crippen molar-refractivity contribution in [1.82, 2.24) is 20.0 Å². The predicted molar refractivity (Wildman–Crippen MR) is 103 cm³/mol. The van der Waals surface area contributed by atoms with Crippen LogP contribution in [-0.2, 0) is 0 Å². The van der Waals surface area contributed by atoms with E-state index in [4.69, 9.17) is 11.6 Å². The highest BCUT2D eigenvalue weighted by Gasteiger charge is 2.21. The van der Waals surface area contributed by atoms with Crippen molar-refractivity contribution in [2.24, 2.45) is 0 Å². The van der Waals surface area contributed by atoms with Gasteiger partial charge in [0.1, 0.15) is 11.0 Å². The first kappa shape index (κ1) is 20.4. The third-order valence-electron chi connectivity index (χ3n) is 4.28. The van der Waals surface area contributed by atoms with Crippen molar-refractivity contribution in [3.05, 3.63) is 46.5 Å². The quantitative estimate of drug-likeness (QED) is 0.794. The largest absolute Gasteiger partial charge is 0.351 e. The van der Waals surface area contributed by atoms with Gasteiger partial charge >= 0.3 is 0 Å². The summed E-state index contributed by atoms with van der Waals surface area (Å²) < 4.78 is 14.5. The van der Waals surface area contributed by atoms with Crippen LogP contribution in [-0.4, -0.2) is 45.8 Å². The Hall–Kier alpha value is -1.92. The first-order valence-corrected chi connectivity index (χ1v) is 9.15. The van der Waals surface area contributed by atoms with Crippen LogP contribution in [0.2, 0.25) is 5.15 Å². The van der Waals surface area contributed by atoms with Crippen LogP contribution in [0.4, 0.5) is 4.39 Å². The van der Waals surface area contributed by atoms with E-state index >= 15 is 0 Å². The molecule has 1 amide bonds. The molecular formula is C19H26ClFN4O. The van der Waals surface area contributed by atoms with Crippen molar-refractivity contribution < 1.29 is 9.18 Å². The Balaban J connectivity index is 2.11. The van der Waals surface area contributed by atoms with Crippen LogP contribution in [0.15, 0.2) is 24.3 Å². The topological polar surface area (TPSA) is 50.2 Å². The number of nitrogens with zero attached hydrogens (tertiary/aromatic N) is 3. The van der Waals surface area contributed by atoms with Gasteiger partial charge in [0.15, 0.2) is 0 Å². The number of rotatable bonds is 7. The molecule has 1 heterocycles. The van der Waals surface area contributed by atoms with Gasteiger partial charge in [-0.3, -0.25) is 9.69 Å². The second kappa shape index (κ2) is 8.64. The summed E-state index contributed by atoms with van der Waals surface area (Å²) in [6, 6.07) is 6.60. The molecule has 0 saturated carbocycles. The van der Waals surface area contributed by atoms with E-state index in [0.717, 1.165) is 6.54 Å². The minimum Gasteiger partial charge on any atom is -0.351 e. The number of hydrogen-bond acceptors (Lipinski definition) is 3. The third kappa shape index (κ3) is 4.62. The molecule has 1 N–H and O–H groups in total. The summed E-state index contributed by atoms with van der Waals surface area (Å²) in [4.78, 5) is 14.9. The van der Waals surface area contributed by atoms with E-state index in [1.807, 2.05) is 0 Å². The number of amides is 1. The van der Waals surface area contributed by atoms with Crippen LogP contribution in [0.25, 0.3) is 5.69 Å². The van der Waals surface area contributed by atoms with Gasteiger partial charge in [0.05, 0.1) is 16.9 Å². The van der Waals surface area contributed by atoms with E-state index in [0.29, 0.717) is 35.6 Å². The Kier molecular flexibility index (Phi) is 6.78. The first-order valence-electron chi connectivity index (χ1n) is 8.77. The summed E-state index contributed by atoms with van der Waals surface area (Å²) in [5.74, 6) is -0.597. The van der Waals surface area contributed by atoms with Crippen molar-refractivity contribution in [2.75, 3.05) is 13.1 Å². The monoisotopic (exact) mass is 380 g/mol. The van der Waals surface area contributed by atoms with Crippen LogP contribution in [0, 0.1) is 12.7 Å². The summed E-state index contributed by atoms with van der Waals surface area (Å²) >= 11 is 6.38. The molecule has 0 spiro atoms. The summed E-state index contributed by atoms with van der Waals surface area (Å²) in [6.07, 6.45) is 0. The number of carbonyl (C=O) groups excluding carboxylic acids is 1. The number of benzene rings is 1. The van der Waals surface area contributed by atoms with Crippen molar-refractivity contribution in [1.29, 1.82) is 0 Å². The molecule has 0 bridgehead atoms. The molecule has 0 aliphatic carbocycles. The van der Waals surface area contributed by atoms with Gasteiger partial charge in [0.2, 0.25) is 0 Å². The third-order valence-corrected chi connectivity index (χ3v) is 4.63. The Bertz CT molecular complexity index is 748. The highest BCUT2D eigenvalue weighted by Crippen LogP contribution is 2.23. The normalized spacial score (nSPS) is 11.6. The van der Waals surface area contributed by atoms with Crippen molar-refractivity contribution in [2.45, 2.75) is 46.7 Å². The lowest BCUT2D eigenvalue weighted by atomic mass is 10.2. The molecule has 2 aromatic rings. The molecule has 0 aliphatic rings. The molecule has 0 aliphatic heterocycles. The molecule has 0 unspecified atom stereocenters. The van der Waals surface area contributed by atoms with Gasteiger partial charge < -0.3 is 5.32 Å². The fourth-order valence-electron chi connectivity index (χ4n) is 3.01. The van der Waals surface area contributed by atoms with Crippen LogP contribution in [0.1, 0.15) is 43.7 Å². The lowest BCUT2D eigenvalue weighted by Crippen LogP contribution is -2.42. The van der Waals surface area contributed by atoms with Gasteiger partial charge in [-0.25, -0.2) is 9.07 Å². The zero-order chi connectivity index (χ0) is 19.4. The molecule has 5 nitrogen and oxygen atoms in total. The van der Waals surface area contributed by atoms with Gasteiger partial charge in [-0.05, 0) is 58.9 Å². The van der Waals surface area contributed by atoms with Crippen LogP contribution in [0.3, 0.4) is 0 Å². The minimum atomic E-state index is -0.341. The van der Waals surface area contributed by atoms with Crippen molar-refractivity contribution in [3.8, 4) is 5.69 Å². The molecule has 0 saturated heterocycles. The van der Waals surface area contributed by atoms with Gasteiger partial charge in [0.25, 0.3) is 5.91 Å². The van der Waals surface area contributed by atoms with E-state index in [1.165, 1.54) is 16.8 Å². The lowest BCUT2D eigenvalue weighted by Gasteiger charge is -2.30. The van der Waals surface area contributed by atoms with Crippen LogP contribution in [0.5, 0.6) is 0 Å². The van der Waals surface area contributed by atoms with E-state index in [-0.39, 0.29) is 16.9 Å². The average Bonchev–Trinajstić information content (AvgIpc) is 2.86. The maximum Gasteiger partial charge on any atom is 0.256 e. The van der Waals surface area contributed by atoms with E-state index in [1.54, 1.807) is 19.1 Å². The highest BCUT2D eigenvalue weighted by atomic mass is 35.5. The first-order chi connectivity index (χ1) is 12.2. The number of aromatic nitrogens is 2. The molecule has 2 rings (SSSR count). The number of carbonyl (C=O) groups is 1. The predicted octanol–water partition coefficient (Wildman–Crippen LogP) is 3.82. The molecule has 1 aromatic carbocycles. The average molecular weight is 381 g/mol. The van der Waals surface area contributed by atoms with Crippen molar-refractivity contribution >= 4 is 17.5 Å². The number of halogens is 2. The second-order valence-electron chi connectivity index (χ2n) is 6.82. The fraction of sp³-hybridized carbons (Fsp3) is 0.474. The van der Waals surface area contributed by atoms with Gasteiger partial charge in [-0.2, -0.15) is 5.10 Å². The molecule has 0 fully saturated rings. The number of aryl methyl sites for hydroxylation is 1. The number of hydrogen-bond donors (Lipinski definition) is 1. The SMILES string of the molecule is Cc1nn(-c2ccc(F)cc2)c(Cl)c1C(=O)NCCN(C(C)C)C(C)C. The summed E-state index contributed by atoms with van der Waals surface area (Å²) in [7, 11) is 0. The standard InChI is InChI=1S/C19H26ClFN4O/c1-12(2)24(13(3)4)11-10-22-19(26)17-14(5)23-25(18(17)20)16-8-6-15(21)7-9-16/h6-9,12-13H,10-11H2,1-5H3,(H,22,26). The molecule has 0 atom stereocenters. The highest BCUT2D eigenvalue weighted by molar-refractivity contribution is 6.33. The smallest absolute Gasteiger partial charge is 0.256 e. The van der Waals surface area contributed by atoms with E-state index < -0.39 is 0 Å². The maximum atomic E-state index is 13.1. The summed E-state index contributed by atoms with van der Waals surface area (Å²) in [5, 5.41) is 7.46. The fourth-order valence-corrected chi connectivity index (χ4v) is 3.37. The Morgan fingerprint density at radius 1 is 1.23 bits per heavy atom. The Morgan fingerprint density at radius 2 is 1.81 bits per heavy atom. The zero-order valence-corrected chi connectivity index (χ0v) is 16.6. The Morgan fingerprint density at radius 3 is 2.35 bits per heavy atom. The molecular weight excluding hydrogens is 355 g/mol. The molecule has 7 heteroatoms. The van der Waals surface area contributed by atoms with Crippen molar-refractivity contribution in [3.63, 3.8) is 0 Å². The van der Waals surface area contributed by atoms with E-state index in [2.05, 4.69) is 43.0 Å². The minimum absolute atomic E-state index is 0.219. The van der Waals surface area contributed by atoms with Crippen LogP contribution >= 0.6 is 11.6 Å². The second-order valence-corrected chi connectivity index (χ2v) is 7.18. The molecule has 0 radical (unpaired) electrons. The van der Waals surface area contributed by atoms with Gasteiger partial charge in [-0.15, -0.1) is 0 Å². The zero-order valence-electron chi connectivity index (χ0n) is 15.9. The number of nitrogens with one attached hydrogen (secondary N) is 1. The Labute approximate surface area is 159 Å². The molecule has 142 valence electrons. The van der Waals surface area contributed by atoms with E-state index in [9.17, 15) is 9.18 Å². The summed E-state index contributed by atoms with van der Waals surface area (Å²) in [5.41, 5.74) is 1.47. The summed E-state index contributed by atoms with van der Waals surface area (Å²) in [6.45, 7) is 11.5.